The zero-order valence-corrected chi connectivity index (χ0v) is 11.2. The summed E-state index contributed by atoms with van der Waals surface area (Å²) in [6.07, 6.45) is 4.13. The van der Waals surface area contributed by atoms with Crippen molar-refractivity contribution < 1.29 is 14.6 Å². The second-order valence-electron chi connectivity index (χ2n) is 4.89. The first-order chi connectivity index (χ1) is 9.56. The van der Waals surface area contributed by atoms with Crippen molar-refractivity contribution in [2.24, 2.45) is 0 Å². The van der Waals surface area contributed by atoms with E-state index in [1.807, 2.05) is 0 Å². The van der Waals surface area contributed by atoms with Gasteiger partial charge in [-0.05, 0) is 31.4 Å². The van der Waals surface area contributed by atoms with Crippen LogP contribution < -0.4 is 15.6 Å². The largest absolute Gasteiger partial charge is 0.371 e. The molecule has 0 saturated heterocycles. The number of urea groups is 1. The molecular weight excluding hydrogens is 262 g/mol. The second-order valence-corrected chi connectivity index (χ2v) is 4.89. The summed E-state index contributed by atoms with van der Waals surface area (Å²) in [5, 5.41) is 13.6. The maximum absolute atomic E-state index is 11.6. The molecule has 0 aliphatic heterocycles. The quantitative estimate of drug-likeness (QED) is 0.653. The lowest BCUT2D eigenvalue weighted by Crippen LogP contribution is -2.42. The van der Waals surface area contributed by atoms with Crippen molar-refractivity contribution in [3.05, 3.63) is 33.9 Å². The number of hydroxylamine groups is 1. The Morgan fingerprint density at radius 2 is 2.10 bits per heavy atom. The molecule has 0 atom stereocenters. The van der Waals surface area contributed by atoms with Crippen molar-refractivity contribution in [2.75, 3.05) is 0 Å². The highest BCUT2D eigenvalue weighted by Gasteiger charge is 2.19. The molecule has 1 aliphatic carbocycles. The third kappa shape index (κ3) is 3.59. The lowest BCUT2D eigenvalue weighted by Gasteiger charge is -2.13. The van der Waals surface area contributed by atoms with Crippen LogP contribution in [0.15, 0.2) is 18.2 Å². The highest BCUT2D eigenvalue weighted by molar-refractivity contribution is 5.73. The molecule has 0 bridgehead atoms. The Balaban J connectivity index is 1.94. The molecule has 0 aromatic heterocycles. The lowest BCUT2D eigenvalue weighted by atomic mass is 10.2. The Bertz CT molecular complexity index is 512. The van der Waals surface area contributed by atoms with Gasteiger partial charge in [0.15, 0.2) is 0 Å². The number of aryl methyl sites for hydroxylation is 1. The molecule has 7 heteroatoms. The number of nitro groups is 1. The number of carbonyl (C=O) groups is 1. The van der Waals surface area contributed by atoms with Gasteiger partial charge in [0.2, 0.25) is 5.75 Å². The van der Waals surface area contributed by atoms with Gasteiger partial charge in [-0.1, -0.05) is 18.9 Å². The van der Waals surface area contributed by atoms with Crippen LogP contribution in [0.1, 0.15) is 31.2 Å². The molecule has 7 nitrogen and oxygen atoms in total. The Labute approximate surface area is 116 Å². The molecule has 0 radical (unpaired) electrons. The van der Waals surface area contributed by atoms with Crippen molar-refractivity contribution in [1.82, 2.24) is 10.8 Å². The number of hydrogen-bond acceptors (Lipinski definition) is 4. The minimum absolute atomic E-state index is 0.0246. The minimum Gasteiger partial charge on any atom is -0.371 e. The van der Waals surface area contributed by atoms with E-state index in [0.717, 1.165) is 31.2 Å². The maximum Gasteiger partial charge on any atom is 0.348 e. The van der Waals surface area contributed by atoms with E-state index in [0.29, 0.717) is 0 Å². The molecule has 1 aromatic rings. The van der Waals surface area contributed by atoms with Gasteiger partial charge in [-0.3, -0.25) is 10.1 Å². The fourth-order valence-corrected chi connectivity index (χ4v) is 2.24. The Morgan fingerprint density at radius 3 is 2.75 bits per heavy atom. The summed E-state index contributed by atoms with van der Waals surface area (Å²) in [5.74, 6) is 0.0246. The van der Waals surface area contributed by atoms with Crippen LogP contribution in [-0.2, 0) is 0 Å². The van der Waals surface area contributed by atoms with E-state index in [1.165, 1.54) is 12.1 Å². The van der Waals surface area contributed by atoms with Gasteiger partial charge >= 0.3 is 11.7 Å². The highest BCUT2D eigenvalue weighted by atomic mass is 16.7. The molecule has 1 aliphatic rings. The summed E-state index contributed by atoms with van der Waals surface area (Å²) in [5.41, 5.74) is 2.82. The molecular formula is C13H17N3O4. The number of amides is 2. The molecule has 0 heterocycles. The van der Waals surface area contributed by atoms with Crippen molar-refractivity contribution >= 4 is 11.7 Å². The first kappa shape index (κ1) is 14.1. The summed E-state index contributed by atoms with van der Waals surface area (Å²) >= 11 is 0. The molecule has 1 aromatic carbocycles. The van der Waals surface area contributed by atoms with E-state index < -0.39 is 11.0 Å². The van der Waals surface area contributed by atoms with Gasteiger partial charge in [0.1, 0.15) is 0 Å². The number of nitrogens with zero attached hydrogens (tertiary/aromatic N) is 1. The Kier molecular flexibility index (Phi) is 4.39. The average molecular weight is 279 g/mol. The normalized spacial score (nSPS) is 14.8. The van der Waals surface area contributed by atoms with Gasteiger partial charge < -0.3 is 10.2 Å². The van der Waals surface area contributed by atoms with Crippen molar-refractivity contribution in [1.29, 1.82) is 0 Å². The molecule has 2 amide bonds. The van der Waals surface area contributed by atoms with E-state index in [9.17, 15) is 14.9 Å². The van der Waals surface area contributed by atoms with Crippen LogP contribution in [0.25, 0.3) is 0 Å². The highest BCUT2D eigenvalue weighted by Crippen LogP contribution is 2.27. The third-order valence-electron chi connectivity index (χ3n) is 3.26. The summed E-state index contributed by atoms with van der Waals surface area (Å²) in [6.45, 7) is 1.79. The molecule has 0 spiro atoms. The lowest BCUT2D eigenvalue weighted by molar-refractivity contribution is -0.386. The van der Waals surface area contributed by atoms with Crippen LogP contribution >= 0.6 is 0 Å². The van der Waals surface area contributed by atoms with Gasteiger partial charge in [-0.2, -0.15) is 5.48 Å². The molecule has 108 valence electrons. The molecule has 2 N–H and O–H groups in total. The molecule has 20 heavy (non-hydrogen) atoms. The maximum atomic E-state index is 11.6. The fraction of sp³-hybridized carbons (Fsp3) is 0.462. The SMILES string of the molecule is Cc1ccc([N+](=O)[O-])c(ONC(=O)NC2CCCC2)c1. The topological polar surface area (TPSA) is 93.5 Å². The van der Waals surface area contributed by atoms with Gasteiger partial charge in [0, 0.05) is 12.1 Å². The summed E-state index contributed by atoms with van der Waals surface area (Å²) in [6, 6.07) is 4.15. The number of rotatable bonds is 4. The number of nitro benzene ring substituents is 1. The van der Waals surface area contributed by atoms with Gasteiger partial charge in [-0.25, -0.2) is 4.79 Å². The van der Waals surface area contributed by atoms with E-state index >= 15 is 0 Å². The molecule has 2 rings (SSSR count). The van der Waals surface area contributed by atoms with Crippen molar-refractivity contribution in [3.8, 4) is 5.75 Å². The number of nitrogens with one attached hydrogen (secondary N) is 2. The van der Waals surface area contributed by atoms with Crippen molar-refractivity contribution in [3.63, 3.8) is 0 Å². The Morgan fingerprint density at radius 1 is 1.40 bits per heavy atom. The fourth-order valence-electron chi connectivity index (χ4n) is 2.24. The minimum atomic E-state index is -0.550. The predicted octanol–water partition coefficient (Wildman–Crippen LogP) is 2.44. The molecule has 1 saturated carbocycles. The number of hydrogen-bond donors (Lipinski definition) is 2. The van der Waals surface area contributed by atoms with Gasteiger partial charge in [0.05, 0.1) is 4.92 Å². The van der Waals surface area contributed by atoms with Crippen LogP contribution in [-0.4, -0.2) is 17.0 Å². The van der Waals surface area contributed by atoms with E-state index in [2.05, 4.69) is 10.8 Å². The average Bonchev–Trinajstić information content (AvgIpc) is 2.89. The monoisotopic (exact) mass is 279 g/mol. The number of benzene rings is 1. The van der Waals surface area contributed by atoms with Crippen molar-refractivity contribution in [2.45, 2.75) is 38.6 Å². The second kappa shape index (κ2) is 6.23. The van der Waals surface area contributed by atoms with Crippen LogP contribution in [0.4, 0.5) is 10.5 Å². The van der Waals surface area contributed by atoms with E-state index in [4.69, 9.17) is 4.84 Å². The predicted molar refractivity (Wildman–Crippen MR) is 72.4 cm³/mol. The molecule has 0 unspecified atom stereocenters. The van der Waals surface area contributed by atoms with Crippen LogP contribution in [0, 0.1) is 17.0 Å². The van der Waals surface area contributed by atoms with Gasteiger partial charge in [0.25, 0.3) is 0 Å². The molecule has 1 fully saturated rings. The zero-order valence-electron chi connectivity index (χ0n) is 11.2. The van der Waals surface area contributed by atoms with E-state index in [1.54, 1.807) is 13.0 Å². The first-order valence-corrected chi connectivity index (χ1v) is 6.54. The first-order valence-electron chi connectivity index (χ1n) is 6.54. The zero-order chi connectivity index (χ0) is 14.5. The summed E-state index contributed by atoms with van der Waals surface area (Å²) in [4.78, 5) is 27.0. The standard InChI is InChI=1S/C13H17N3O4/c1-9-6-7-11(16(18)19)12(8-9)20-15-13(17)14-10-4-2-3-5-10/h6-8,10H,2-5H2,1H3,(H2,14,15,17). The van der Waals surface area contributed by atoms with Gasteiger partial charge in [-0.15, -0.1) is 0 Å². The Hall–Kier alpha value is -2.31. The number of carbonyl (C=O) groups excluding carboxylic acids is 1. The summed E-state index contributed by atoms with van der Waals surface area (Å²) in [7, 11) is 0. The smallest absolute Gasteiger partial charge is 0.348 e. The summed E-state index contributed by atoms with van der Waals surface area (Å²) < 4.78 is 0. The van der Waals surface area contributed by atoms with Crippen LogP contribution in [0.3, 0.4) is 0 Å². The van der Waals surface area contributed by atoms with Crippen LogP contribution in [0.2, 0.25) is 0 Å². The third-order valence-corrected chi connectivity index (χ3v) is 3.26. The van der Waals surface area contributed by atoms with E-state index in [-0.39, 0.29) is 17.5 Å². The van der Waals surface area contributed by atoms with Crippen LogP contribution in [0.5, 0.6) is 5.75 Å².